The normalized spacial score (nSPS) is 14.8. The van der Waals surface area contributed by atoms with Crippen molar-refractivity contribution in [1.82, 2.24) is 10.6 Å². The van der Waals surface area contributed by atoms with Gasteiger partial charge in [0.25, 0.3) is 11.8 Å². The quantitative estimate of drug-likeness (QED) is 0.552. The van der Waals surface area contributed by atoms with Gasteiger partial charge in [0, 0.05) is 11.6 Å². The van der Waals surface area contributed by atoms with E-state index in [9.17, 15) is 9.59 Å². The molecule has 0 spiro atoms. The van der Waals surface area contributed by atoms with Crippen LogP contribution in [0.15, 0.2) is 54.2 Å². The molecule has 0 unspecified atom stereocenters. The lowest BCUT2D eigenvalue weighted by Crippen LogP contribution is -2.41. The molecule has 164 valence electrons. The van der Waals surface area contributed by atoms with Gasteiger partial charge in [-0.3, -0.25) is 9.59 Å². The van der Waals surface area contributed by atoms with E-state index in [0.717, 1.165) is 56.1 Å². The maximum atomic E-state index is 13.0. The van der Waals surface area contributed by atoms with E-state index in [0.29, 0.717) is 5.56 Å². The van der Waals surface area contributed by atoms with Crippen molar-refractivity contribution in [2.45, 2.75) is 71.3 Å². The molecule has 0 aliphatic heterocycles. The Morgan fingerprint density at radius 2 is 1.65 bits per heavy atom. The van der Waals surface area contributed by atoms with E-state index in [4.69, 9.17) is 0 Å². The molecule has 0 bridgehead atoms. The molecule has 0 heterocycles. The smallest absolute Gasteiger partial charge is 0.268 e. The van der Waals surface area contributed by atoms with Gasteiger partial charge in [-0.15, -0.1) is 0 Å². The molecule has 3 rings (SSSR count). The monoisotopic (exact) mass is 418 g/mol. The molecule has 1 aliphatic rings. The maximum absolute atomic E-state index is 13.0. The van der Waals surface area contributed by atoms with Crippen LogP contribution in [-0.2, 0) is 11.2 Å². The van der Waals surface area contributed by atoms with Gasteiger partial charge in [0.2, 0.25) is 0 Å². The van der Waals surface area contributed by atoms with E-state index < -0.39 is 0 Å². The summed E-state index contributed by atoms with van der Waals surface area (Å²) in [6.07, 6.45) is 10.5. The lowest BCUT2D eigenvalue weighted by Gasteiger charge is -2.23. The third-order valence-corrected chi connectivity index (χ3v) is 5.86. The topological polar surface area (TPSA) is 58.2 Å². The Morgan fingerprint density at radius 1 is 0.968 bits per heavy atom. The van der Waals surface area contributed by atoms with Crippen LogP contribution in [0, 0.1) is 6.92 Å². The second-order valence-corrected chi connectivity index (χ2v) is 8.53. The van der Waals surface area contributed by atoms with Crippen LogP contribution in [0.5, 0.6) is 0 Å². The van der Waals surface area contributed by atoms with Crippen LogP contribution in [0.25, 0.3) is 6.08 Å². The fourth-order valence-electron chi connectivity index (χ4n) is 3.90. The van der Waals surface area contributed by atoms with Gasteiger partial charge in [-0.2, -0.15) is 0 Å². The zero-order valence-corrected chi connectivity index (χ0v) is 18.7. The summed E-state index contributed by atoms with van der Waals surface area (Å²) in [6, 6.07) is 15.8. The molecule has 2 aromatic carbocycles. The molecule has 2 amide bonds. The molecule has 1 aliphatic carbocycles. The number of hydrogen-bond donors (Lipinski definition) is 2. The van der Waals surface area contributed by atoms with Crippen molar-refractivity contribution in [3.8, 4) is 0 Å². The average Bonchev–Trinajstić information content (AvgIpc) is 2.79. The zero-order chi connectivity index (χ0) is 22.1. The number of hydrogen-bond acceptors (Lipinski definition) is 2. The van der Waals surface area contributed by atoms with Crippen LogP contribution in [0.1, 0.15) is 78.9 Å². The Kier molecular flexibility index (Phi) is 8.45. The molecular weight excluding hydrogens is 384 g/mol. The highest BCUT2D eigenvalue weighted by Crippen LogP contribution is 2.18. The van der Waals surface area contributed by atoms with E-state index in [-0.39, 0.29) is 23.6 Å². The molecule has 2 aromatic rings. The first-order valence-electron chi connectivity index (χ1n) is 11.5. The van der Waals surface area contributed by atoms with Crippen molar-refractivity contribution >= 4 is 17.9 Å². The van der Waals surface area contributed by atoms with Gasteiger partial charge in [-0.05, 0) is 61.9 Å². The van der Waals surface area contributed by atoms with Crippen molar-refractivity contribution in [2.75, 3.05) is 0 Å². The zero-order valence-electron chi connectivity index (χ0n) is 18.7. The molecule has 0 saturated heterocycles. The Labute approximate surface area is 186 Å². The average molecular weight is 419 g/mol. The second kappa shape index (κ2) is 11.5. The first-order chi connectivity index (χ1) is 15.0. The van der Waals surface area contributed by atoms with E-state index in [1.54, 1.807) is 6.08 Å². The number of nitrogens with one attached hydrogen (secondary N) is 2. The predicted octanol–water partition coefficient (Wildman–Crippen LogP) is 5.56. The number of unbranched alkanes of at least 4 members (excludes halogenated alkanes) is 1. The highest BCUT2D eigenvalue weighted by Gasteiger charge is 2.20. The van der Waals surface area contributed by atoms with Crippen LogP contribution in [-0.4, -0.2) is 17.9 Å². The van der Waals surface area contributed by atoms with Gasteiger partial charge in [-0.25, -0.2) is 0 Å². The van der Waals surface area contributed by atoms with E-state index in [2.05, 4.69) is 17.6 Å². The van der Waals surface area contributed by atoms with Gasteiger partial charge in [0.1, 0.15) is 5.70 Å². The summed E-state index contributed by atoms with van der Waals surface area (Å²) in [7, 11) is 0. The summed E-state index contributed by atoms with van der Waals surface area (Å²) in [6.45, 7) is 4.19. The fourth-order valence-corrected chi connectivity index (χ4v) is 3.90. The number of amides is 2. The third-order valence-electron chi connectivity index (χ3n) is 5.86. The van der Waals surface area contributed by atoms with Crippen LogP contribution < -0.4 is 10.6 Å². The standard InChI is InChI=1S/C27H34N2O2/c1-3-4-8-21-15-17-23(18-16-21)26(30)29-25(19-22-13-11-20(2)12-14-22)27(31)28-24-9-6-5-7-10-24/h11-19,24H,3-10H2,1-2H3,(H,28,31)(H,29,30)/b25-19-. The number of benzene rings is 2. The Balaban J connectivity index is 1.75. The second-order valence-electron chi connectivity index (χ2n) is 8.53. The molecule has 4 heteroatoms. The Bertz CT molecular complexity index is 892. The van der Waals surface area contributed by atoms with E-state index in [1.165, 1.54) is 12.0 Å². The van der Waals surface area contributed by atoms with Gasteiger partial charge >= 0.3 is 0 Å². The number of carbonyl (C=O) groups excluding carboxylic acids is 2. The number of carbonyl (C=O) groups is 2. The molecule has 0 aromatic heterocycles. The first kappa shape index (κ1) is 22.8. The van der Waals surface area contributed by atoms with Gasteiger partial charge < -0.3 is 10.6 Å². The van der Waals surface area contributed by atoms with Crippen LogP contribution in [0.4, 0.5) is 0 Å². The number of aryl methyl sites for hydroxylation is 2. The lowest BCUT2D eigenvalue weighted by atomic mass is 9.95. The van der Waals surface area contributed by atoms with Gasteiger partial charge in [0.15, 0.2) is 0 Å². The van der Waals surface area contributed by atoms with Crippen molar-refractivity contribution in [3.05, 3.63) is 76.5 Å². The van der Waals surface area contributed by atoms with Crippen molar-refractivity contribution in [2.24, 2.45) is 0 Å². The SMILES string of the molecule is CCCCc1ccc(C(=O)N/C(=C\c2ccc(C)cc2)C(=O)NC2CCCCC2)cc1. The van der Waals surface area contributed by atoms with Crippen molar-refractivity contribution < 1.29 is 9.59 Å². The highest BCUT2D eigenvalue weighted by molar-refractivity contribution is 6.05. The minimum atomic E-state index is -0.265. The summed E-state index contributed by atoms with van der Waals surface area (Å²) in [5, 5.41) is 5.98. The van der Waals surface area contributed by atoms with Gasteiger partial charge in [-0.1, -0.05) is 74.6 Å². The van der Waals surface area contributed by atoms with Crippen molar-refractivity contribution in [1.29, 1.82) is 0 Å². The summed E-state index contributed by atoms with van der Waals surface area (Å²) >= 11 is 0. The van der Waals surface area contributed by atoms with Crippen molar-refractivity contribution in [3.63, 3.8) is 0 Å². The predicted molar refractivity (Wildman–Crippen MR) is 127 cm³/mol. The molecule has 0 atom stereocenters. The molecular formula is C27H34N2O2. The van der Waals surface area contributed by atoms with E-state index in [1.807, 2.05) is 55.5 Å². The molecule has 0 radical (unpaired) electrons. The van der Waals surface area contributed by atoms with Gasteiger partial charge in [0.05, 0.1) is 0 Å². The number of rotatable bonds is 8. The van der Waals surface area contributed by atoms with Crippen LogP contribution >= 0.6 is 0 Å². The largest absolute Gasteiger partial charge is 0.348 e. The highest BCUT2D eigenvalue weighted by atomic mass is 16.2. The maximum Gasteiger partial charge on any atom is 0.268 e. The Morgan fingerprint density at radius 3 is 2.29 bits per heavy atom. The molecule has 1 fully saturated rings. The lowest BCUT2D eigenvalue weighted by molar-refractivity contribution is -0.118. The van der Waals surface area contributed by atoms with Crippen LogP contribution in [0.3, 0.4) is 0 Å². The fraction of sp³-hybridized carbons (Fsp3) is 0.407. The summed E-state index contributed by atoms with van der Waals surface area (Å²) in [5.74, 6) is -0.486. The Hall–Kier alpha value is -2.88. The minimum absolute atomic E-state index is 0.178. The summed E-state index contributed by atoms with van der Waals surface area (Å²) in [4.78, 5) is 25.9. The molecule has 4 nitrogen and oxygen atoms in total. The van der Waals surface area contributed by atoms with Crippen LogP contribution in [0.2, 0.25) is 0 Å². The third kappa shape index (κ3) is 7.09. The minimum Gasteiger partial charge on any atom is -0.348 e. The molecule has 2 N–H and O–H groups in total. The summed E-state index contributed by atoms with van der Waals surface area (Å²) in [5.41, 5.74) is 4.10. The summed E-state index contributed by atoms with van der Waals surface area (Å²) < 4.78 is 0. The molecule has 31 heavy (non-hydrogen) atoms. The van der Waals surface area contributed by atoms with E-state index >= 15 is 0 Å². The molecule has 1 saturated carbocycles. The first-order valence-corrected chi connectivity index (χ1v) is 11.5.